The van der Waals surface area contributed by atoms with Gasteiger partial charge in [-0.25, -0.2) is 8.93 Å². The molecule has 146 valence electrons. The van der Waals surface area contributed by atoms with Crippen LogP contribution in [-0.4, -0.2) is 21.5 Å². The highest BCUT2D eigenvalue weighted by molar-refractivity contribution is 7.84. The maximum Gasteiger partial charge on any atom is 0.311 e. The van der Waals surface area contributed by atoms with Crippen molar-refractivity contribution in [1.82, 2.24) is 4.72 Å². The second-order valence-electron chi connectivity index (χ2n) is 7.44. The largest absolute Gasteiger partial charge is 0.466 e. The van der Waals surface area contributed by atoms with Gasteiger partial charge in [-0.3, -0.25) is 4.79 Å². The predicted octanol–water partition coefficient (Wildman–Crippen LogP) is 4.20. The minimum Gasteiger partial charge on any atom is -0.466 e. The molecule has 0 aromatic heterocycles. The molecule has 3 atom stereocenters. The number of esters is 1. The van der Waals surface area contributed by atoms with Gasteiger partial charge in [-0.1, -0.05) is 60.7 Å². The van der Waals surface area contributed by atoms with Gasteiger partial charge in [0, 0.05) is 0 Å². The summed E-state index contributed by atoms with van der Waals surface area (Å²) >= 11 is 0. The van der Waals surface area contributed by atoms with Gasteiger partial charge >= 0.3 is 5.97 Å². The van der Waals surface area contributed by atoms with Crippen LogP contribution in [0.4, 0.5) is 0 Å². The van der Waals surface area contributed by atoms with E-state index in [1.54, 1.807) is 6.92 Å². The minimum atomic E-state index is -1.32. The van der Waals surface area contributed by atoms with E-state index in [0.29, 0.717) is 13.0 Å². The van der Waals surface area contributed by atoms with E-state index in [1.165, 1.54) is 0 Å². The van der Waals surface area contributed by atoms with Gasteiger partial charge in [0.25, 0.3) is 0 Å². The third-order valence-corrected chi connectivity index (χ3v) is 5.82. The van der Waals surface area contributed by atoms with Gasteiger partial charge in [0.05, 0.1) is 34.3 Å². The zero-order valence-corrected chi connectivity index (χ0v) is 17.3. The zero-order valence-electron chi connectivity index (χ0n) is 16.5. The summed E-state index contributed by atoms with van der Waals surface area (Å²) < 4.78 is 21.0. The lowest BCUT2D eigenvalue weighted by molar-refractivity contribution is -0.149. The van der Waals surface area contributed by atoms with Crippen LogP contribution in [0.5, 0.6) is 0 Å². The molecule has 0 aliphatic rings. The van der Waals surface area contributed by atoms with E-state index >= 15 is 0 Å². The van der Waals surface area contributed by atoms with Crippen molar-refractivity contribution >= 4 is 17.0 Å². The first-order valence-electron chi connectivity index (χ1n) is 9.26. The first-order valence-corrected chi connectivity index (χ1v) is 10.4. The van der Waals surface area contributed by atoms with Gasteiger partial charge in [-0.2, -0.15) is 0 Å². The molecule has 0 amide bonds. The van der Waals surface area contributed by atoms with Gasteiger partial charge in [0.15, 0.2) is 0 Å². The van der Waals surface area contributed by atoms with Crippen molar-refractivity contribution in [2.24, 2.45) is 5.92 Å². The van der Waals surface area contributed by atoms with Crippen LogP contribution in [0.3, 0.4) is 0 Å². The SMILES string of the molecule is CCOC(=O)[C@@H](Cc1ccccc1)[C@@H](N[S@](=O)C(C)(C)C)c1ccccc1. The van der Waals surface area contributed by atoms with E-state index in [2.05, 4.69) is 4.72 Å². The number of benzene rings is 2. The van der Waals surface area contributed by atoms with Gasteiger partial charge in [0.1, 0.15) is 0 Å². The van der Waals surface area contributed by atoms with Crippen LogP contribution in [0.1, 0.15) is 44.9 Å². The Labute approximate surface area is 164 Å². The molecule has 0 saturated heterocycles. The highest BCUT2D eigenvalue weighted by atomic mass is 32.2. The molecule has 5 heteroatoms. The molecule has 27 heavy (non-hydrogen) atoms. The average molecular weight is 388 g/mol. The topological polar surface area (TPSA) is 55.4 Å². The molecule has 2 rings (SSSR count). The first-order chi connectivity index (χ1) is 12.8. The molecule has 0 spiro atoms. The summed E-state index contributed by atoms with van der Waals surface area (Å²) in [6, 6.07) is 19.1. The third kappa shape index (κ3) is 6.29. The van der Waals surface area contributed by atoms with Crippen LogP contribution in [0.25, 0.3) is 0 Å². The van der Waals surface area contributed by atoms with E-state index < -0.39 is 27.7 Å². The average Bonchev–Trinajstić information content (AvgIpc) is 2.65. The second kappa shape index (κ2) is 9.81. The quantitative estimate of drug-likeness (QED) is 0.691. The number of carbonyl (C=O) groups is 1. The lowest BCUT2D eigenvalue weighted by Gasteiger charge is -2.30. The molecule has 0 unspecified atom stereocenters. The van der Waals surface area contributed by atoms with Crippen LogP contribution >= 0.6 is 0 Å². The molecule has 2 aromatic rings. The van der Waals surface area contributed by atoms with Crippen LogP contribution in [0.2, 0.25) is 0 Å². The van der Waals surface area contributed by atoms with Crippen LogP contribution in [0, 0.1) is 5.92 Å². The van der Waals surface area contributed by atoms with Crippen molar-refractivity contribution in [1.29, 1.82) is 0 Å². The molecule has 1 N–H and O–H groups in total. The Kier molecular flexibility index (Phi) is 7.75. The Morgan fingerprint density at radius 1 is 1.04 bits per heavy atom. The van der Waals surface area contributed by atoms with E-state index in [-0.39, 0.29) is 5.97 Å². The Morgan fingerprint density at radius 3 is 2.11 bits per heavy atom. The monoisotopic (exact) mass is 387 g/mol. The summed E-state index contributed by atoms with van der Waals surface area (Å²) in [4.78, 5) is 12.8. The lowest BCUT2D eigenvalue weighted by Crippen LogP contribution is -2.41. The number of rotatable bonds is 8. The van der Waals surface area contributed by atoms with Crippen molar-refractivity contribution in [2.45, 2.75) is 44.9 Å². The Hall–Kier alpha value is -1.98. The van der Waals surface area contributed by atoms with Crippen molar-refractivity contribution in [2.75, 3.05) is 6.61 Å². The van der Waals surface area contributed by atoms with Crippen molar-refractivity contribution in [3.05, 3.63) is 71.8 Å². The summed E-state index contributed by atoms with van der Waals surface area (Å²) in [6.07, 6.45) is 0.508. The van der Waals surface area contributed by atoms with Crippen molar-refractivity contribution < 1.29 is 13.7 Å². The molecule has 0 bridgehead atoms. The van der Waals surface area contributed by atoms with Gasteiger partial charge < -0.3 is 4.74 Å². The highest BCUT2D eigenvalue weighted by Gasteiger charge is 2.34. The molecule has 4 nitrogen and oxygen atoms in total. The van der Waals surface area contributed by atoms with Gasteiger partial charge in [0.2, 0.25) is 0 Å². The molecule has 0 radical (unpaired) electrons. The van der Waals surface area contributed by atoms with Crippen molar-refractivity contribution in [3.8, 4) is 0 Å². The normalized spacial score (nSPS) is 15.0. The molecule has 0 fully saturated rings. The summed E-state index contributed by atoms with van der Waals surface area (Å²) in [5, 5.41) is 0. The van der Waals surface area contributed by atoms with Gasteiger partial charge in [-0.05, 0) is 45.2 Å². The predicted molar refractivity (Wildman–Crippen MR) is 110 cm³/mol. The van der Waals surface area contributed by atoms with Crippen molar-refractivity contribution in [3.63, 3.8) is 0 Å². The third-order valence-electron chi connectivity index (χ3n) is 4.24. The smallest absolute Gasteiger partial charge is 0.311 e. The van der Waals surface area contributed by atoms with Crippen LogP contribution in [-0.2, 0) is 26.9 Å². The fourth-order valence-electron chi connectivity index (χ4n) is 2.79. The molecule has 2 aromatic carbocycles. The summed E-state index contributed by atoms with van der Waals surface area (Å²) in [5.41, 5.74) is 1.96. The Balaban J connectivity index is 2.41. The summed E-state index contributed by atoms with van der Waals surface area (Å²) in [6.45, 7) is 7.85. The lowest BCUT2D eigenvalue weighted by atomic mass is 9.88. The fourth-order valence-corrected chi connectivity index (χ4v) is 3.67. The molecule has 0 aliphatic heterocycles. The van der Waals surface area contributed by atoms with E-state index in [0.717, 1.165) is 11.1 Å². The molecular formula is C22H29NO3S. The van der Waals surface area contributed by atoms with Crippen LogP contribution in [0.15, 0.2) is 60.7 Å². The zero-order chi connectivity index (χ0) is 19.9. The Morgan fingerprint density at radius 2 is 1.59 bits per heavy atom. The first kappa shape index (κ1) is 21.3. The number of carbonyl (C=O) groups excluding carboxylic acids is 1. The molecular weight excluding hydrogens is 358 g/mol. The second-order valence-corrected chi connectivity index (χ2v) is 9.43. The number of hydrogen-bond acceptors (Lipinski definition) is 3. The highest BCUT2D eigenvalue weighted by Crippen LogP contribution is 2.29. The standard InChI is InChI=1S/C22H29NO3S/c1-5-26-21(24)19(16-17-12-8-6-9-13-17)20(18-14-10-7-11-15-18)23-27(25)22(2,3)4/h6-15,19-20,23H,5,16H2,1-4H3/t19-,20-,27+/m0/s1. The van der Waals surface area contributed by atoms with E-state index in [1.807, 2.05) is 81.4 Å². The van der Waals surface area contributed by atoms with Crippen LogP contribution < -0.4 is 4.72 Å². The molecule has 0 heterocycles. The Bertz CT molecular complexity index is 741. The number of nitrogens with one attached hydrogen (secondary N) is 1. The minimum absolute atomic E-state index is 0.284. The number of hydrogen-bond donors (Lipinski definition) is 1. The molecule has 0 aliphatic carbocycles. The number of ether oxygens (including phenoxy) is 1. The summed E-state index contributed by atoms with van der Waals surface area (Å²) in [5.74, 6) is -0.769. The van der Waals surface area contributed by atoms with E-state index in [4.69, 9.17) is 4.74 Å². The molecule has 0 saturated carbocycles. The van der Waals surface area contributed by atoms with E-state index in [9.17, 15) is 9.00 Å². The maximum absolute atomic E-state index is 12.8. The summed E-state index contributed by atoms with van der Waals surface area (Å²) in [7, 11) is -1.32. The maximum atomic E-state index is 12.8. The van der Waals surface area contributed by atoms with Gasteiger partial charge in [-0.15, -0.1) is 0 Å². The fraction of sp³-hybridized carbons (Fsp3) is 0.409.